The summed E-state index contributed by atoms with van der Waals surface area (Å²) in [6.45, 7) is 13.8. The smallest absolute Gasteiger partial charge is 0.0468 e. The van der Waals surface area contributed by atoms with Crippen LogP contribution in [-0.2, 0) is 4.74 Å². The van der Waals surface area contributed by atoms with Crippen molar-refractivity contribution in [1.29, 1.82) is 0 Å². The minimum atomic E-state index is 0.769. The van der Waals surface area contributed by atoms with Crippen LogP contribution in [0.15, 0.2) is 0 Å². The molecule has 0 amide bonds. The molecule has 0 saturated carbocycles. The Kier molecular flexibility index (Phi) is 7.92. The number of nitrogens with zero attached hydrogens (tertiary/aromatic N) is 1. The molecule has 18 heavy (non-hydrogen) atoms. The number of hydrogen-bond acceptors (Lipinski definition) is 2. The van der Waals surface area contributed by atoms with Crippen LogP contribution >= 0.6 is 0 Å². The Hall–Kier alpha value is -0.0800. The summed E-state index contributed by atoms with van der Waals surface area (Å²) in [6, 6.07) is 0.769. The summed E-state index contributed by atoms with van der Waals surface area (Å²) in [7, 11) is 0. The maximum Gasteiger partial charge on any atom is 0.0468 e. The second-order valence-corrected chi connectivity index (χ2v) is 6.38. The molecular formula is C16H33NO. The van der Waals surface area contributed by atoms with Crippen molar-refractivity contribution in [2.45, 2.75) is 65.8 Å². The summed E-state index contributed by atoms with van der Waals surface area (Å²) in [5.74, 6) is 1.78. The topological polar surface area (TPSA) is 12.5 Å². The van der Waals surface area contributed by atoms with Gasteiger partial charge in [-0.2, -0.15) is 0 Å². The molecule has 0 atom stereocenters. The Morgan fingerprint density at radius 3 is 1.78 bits per heavy atom. The fraction of sp³-hybridized carbons (Fsp3) is 1.00. The van der Waals surface area contributed by atoms with Crippen LogP contribution < -0.4 is 0 Å². The zero-order valence-electron chi connectivity index (χ0n) is 13.0. The second-order valence-electron chi connectivity index (χ2n) is 6.38. The Morgan fingerprint density at radius 1 is 0.889 bits per heavy atom. The van der Waals surface area contributed by atoms with Gasteiger partial charge in [0.1, 0.15) is 0 Å². The lowest BCUT2D eigenvalue weighted by Crippen LogP contribution is -2.35. The maximum absolute atomic E-state index is 5.25. The summed E-state index contributed by atoms with van der Waals surface area (Å²) in [5, 5.41) is 0. The van der Waals surface area contributed by atoms with Gasteiger partial charge in [0, 0.05) is 19.3 Å². The molecule has 2 aliphatic heterocycles. The lowest BCUT2D eigenvalue weighted by atomic mass is 9.89. The van der Waals surface area contributed by atoms with E-state index in [0.29, 0.717) is 0 Å². The van der Waals surface area contributed by atoms with Gasteiger partial charge >= 0.3 is 0 Å². The van der Waals surface area contributed by atoms with Crippen molar-refractivity contribution in [3.05, 3.63) is 0 Å². The van der Waals surface area contributed by atoms with Crippen molar-refractivity contribution < 1.29 is 4.74 Å². The average Bonchev–Trinajstić information content (AvgIpc) is 2.41. The van der Waals surface area contributed by atoms with Crippen molar-refractivity contribution in [3.63, 3.8) is 0 Å². The largest absolute Gasteiger partial charge is 0.381 e. The normalized spacial score (nSPS) is 23.0. The van der Waals surface area contributed by atoms with E-state index in [1.54, 1.807) is 0 Å². The third kappa shape index (κ3) is 6.19. The Labute approximate surface area is 114 Å². The molecule has 0 aromatic carbocycles. The van der Waals surface area contributed by atoms with Crippen LogP contribution in [0.1, 0.15) is 59.8 Å². The average molecular weight is 255 g/mol. The van der Waals surface area contributed by atoms with Crippen LogP contribution in [-0.4, -0.2) is 37.2 Å². The first-order valence-electron chi connectivity index (χ1n) is 7.93. The van der Waals surface area contributed by atoms with E-state index >= 15 is 0 Å². The summed E-state index contributed by atoms with van der Waals surface area (Å²) in [5.41, 5.74) is 0. The predicted molar refractivity (Wildman–Crippen MR) is 78.9 cm³/mol. The lowest BCUT2D eigenvalue weighted by molar-refractivity contribution is 0.0523. The van der Waals surface area contributed by atoms with Crippen LogP contribution in [0, 0.1) is 11.8 Å². The first-order chi connectivity index (χ1) is 8.61. The number of hydrogen-bond donors (Lipinski definition) is 0. The van der Waals surface area contributed by atoms with Crippen LogP contribution in [0.5, 0.6) is 0 Å². The van der Waals surface area contributed by atoms with E-state index < -0.39 is 0 Å². The lowest BCUT2D eigenvalue weighted by Gasteiger charge is -2.29. The molecule has 2 saturated heterocycles. The fourth-order valence-electron chi connectivity index (χ4n) is 2.82. The van der Waals surface area contributed by atoms with Crippen molar-refractivity contribution >= 4 is 0 Å². The molecule has 0 radical (unpaired) electrons. The van der Waals surface area contributed by atoms with Crippen LogP contribution in [0.25, 0.3) is 0 Å². The standard InChI is InChI=1S/C8H17N.C8H16O/c1-8(2)9-6-4-3-5-7-9;1-7(2)8-3-5-9-6-4-8/h8H,3-7H2,1-2H3;7-8H,3-6H2,1-2H3. The molecule has 2 fully saturated rings. The first-order valence-corrected chi connectivity index (χ1v) is 7.93. The molecule has 0 aromatic heterocycles. The number of rotatable bonds is 2. The zero-order valence-corrected chi connectivity index (χ0v) is 13.0. The minimum Gasteiger partial charge on any atom is -0.381 e. The highest BCUT2D eigenvalue weighted by Crippen LogP contribution is 2.22. The summed E-state index contributed by atoms with van der Waals surface area (Å²) in [4.78, 5) is 2.56. The third-order valence-corrected chi connectivity index (χ3v) is 4.33. The van der Waals surface area contributed by atoms with Gasteiger partial charge in [0.15, 0.2) is 0 Å². The fourth-order valence-corrected chi connectivity index (χ4v) is 2.82. The molecule has 0 unspecified atom stereocenters. The van der Waals surface area contributed by atoms with Gasteiger partial charge in [-0.25, -0.2) is 0 Å². The monoisotopic (exact) mass is 255 g/mol. The number of ether oxygens (including phenoxy) is 1. The van der Waals surface area contributed by atoms with Gasteiger partial charge in [-0.15, -0.1) is 0 Å². The summed E-state index contributed by atoms with van der Waals surface area (Å²) in [6.07, 6.45) is 6.83. The third-order valence-electron chi connectivity index (χ3n) is 4.33. The van der Waals surface area contributed by atoms with Crippen molar-refractivity contribution in [1.82, 2.24) is 4.90 Å². The van der Waals surface area contributed by atoms with Crippen LogP contribution in [0.2, 0.25) is 0 Å². The van der Waals surface area contributed by atoms with Crippen molar-refractivity contribution in [2.75, 3.05) is 26.3 Å². The van der Waals surface area contributed by atoms with Crippen LogP contribution in [0.3, 0.4) is 0 Å². The molecule has 2 heteroatoms. The summed E-state index contributed by atoms with van der Waals surface area (Å²) < 4.78 is 5.25. The van der Waals surface area contributed by atoms with Gasteiger partial charge < -0.3 is 9.64 Å². The highest BCUT2D eigenvalue weighted by atomic mass is 16.5. The molecule has 2 aliphatic rings. The quantitative estimate of drug-likeness (QED) is 0.741. The minimum absolute atomic E-state index is 0.769. The molecule has 0 N–H and O–H groups in total. The van der Waals surface area contributed by atoms with E-state index in [1.165, 1.54) is 45.2 Å². The van der Waals surface area contributed by atoms with Crippen molar-refractivity contribution in [2.24, 2.45) is 11.8 Å². The van der Waals surface area contributed by atoms with Gasteiger partial charge in [-0.1, -0.05) is 20.3 Å². The van der Waals surface area contributed by atoms with Gasteiger partial charge in [-0.3, -0.25) is 0 Å². The van der Waals surface area contributed by atoms with Gasteiger partial charge in [-0.05, 0) is 64.5 Å². The molecular weight excluding hydrogens is 222 g/mol. The SMILES string of the molecule is CC(C)C1CCOCC1.CC(C)N1CCCCC1. The van der Waals surface area contributed by atoms with E-state index in [2.05, 4.69) is 32.6 Å². The molecule has 108 valence electrons. The van der Waals surface area contributed by atoms with Gasteiger partial charge in [0.2, 0.25) is 0 Å². The zero-order chi connectivity index (χ0) is 13.4. The Bertz CT molecular complexity index is 169. The van der Waals surface area contributed by atoms with Crippen molar-refractivity contribution in [3.8, 4) is 0 Å². The van der Waals surface area contributed by atoms with E-state index in [4.69, 9.17) is 4.74 Å². The molecule has 0 aliphatic carbocycles. The second kappa shape index (κ2) is 8.92. The maximum atomic E-state index is 5.25. The molecule has 0 spiro atoms. The van der Waals surface area contributed by atoms with E-state index in [1.807, 2.05) is 0 Å². The van der Waals surface area contributed by atoms with E-state index in [9.17, 15) is 0 Å². The molecule has 2 heterocycles. The Morgan fingerprint density at radius 2 is 1.44 bits per heavy atom. The molecule has 2 nitrogen and oxygen atoms in total. The highest BCUT2D eigenvalue weighted by Gasteiger charge is 2.16. The highest BCUT2D eigenvalue weighted by molar-refractivity contribution is 4.67. The molecule has 0 bridgehead atoms. The van der Waals surface area contributed by atoms with E-state index in [0.717, 1.165) is 31.1 Å². The summed E-state index contributed by atoms with van der Waals surface area (Å²) >= 11 is 0. The molecule has 2 rings (SSSR count). The Balaban J connectivity index is 0.000000180. The van der Waals surface area contributed by atoms with Crippen LogP contribution in [0.4, 0.5) is 0 Å². The first kappa shape index (κ1) is 16.0. The van der Waals surface area contributed by atoms with Gasteiger partial charge in [0.25, 0.3) is 0 Å². The number of likely N-dealkylation sites (tertiary alicyclic amines) is 1. The van der Waals surface area contributed by atoms with E-state index in [-0.39, 0.29) is 0 Å². The number of piperidine rings is 1. The predicted octanol–water partition coefficient (Wildman–Crippen LogP) is 3.95. The van der Waals surface area contributed by atoms with Gasteiger partial charge in [0.05, 0.1) is 0 Å². The molecule has 0 aromatic rings.